The van der Waals surface area contributed by atoms with Crippen molar-refractivity contribution in [1.82, 2.24) is 0 Å². The van der Waals surface area contributed by atoms with Crippen LogP contribution in [-0.4, -0.2) is 12.1 Å². The van der Waals surface area contributed by atoms with E-state index in [-0.39, 0.29) is 18.0 Å². The molecule has 2 atom stereocenters. The maximum atomic E-state index is 11.3. The Morgan fingerprint density at radius 3 is 2.56 bits per heavy atom. The van der Waals surface area contributed by atoms with Crippen molar-refractivity contribution in [3.05, 3.63) is 48.0 Å². The predicted octanol–water partition coefficient (Wildman–Crippen LogP) is 2.74. The summed E-state index contributed by atoms with van der Waals surface area (Å²) in [6, 6.07) is 10.2. The number of aryl methyl sites for hydroxylation is 1. The molecule has 16 heavy (non-hydrogen) atoms. The molecule has 1 aliphatic rings. The Balaban J connectivity index is 1.92. The lowest BCUT2D eigenvalue weighted by Gasteiger charge is -2.13. The molecule has 1 heterocycles. The molecular weight excluding hydrogens is 200 g/mol. The van der Waals surface area contributed by atoms with Gasteiger partial charge in [0.15, 0.2) is 0 Å². The summed E-state index contributed by atoms with van der Waals surface area (Å²) in [6.45, 7) is 5.75. The van der Waals surface area contributed by atoms with E-state index < -0.39 is 0 Å². The van der Waals surface area contributed by atoms with Gasteiger partial charge in [-0.25, -0.2) is 4.79 Å². The van der Waals surface area contributed by atoms with Crippen molar-refractivity contribution in [3.63, 3.8) is 0 Å². The predicted molar refractivity (Wildman–Crippen MR) is 62.9 cm³/mol. The van der Waals surface area contributed by atoms with Crippen LogP contribution in [0.4, 0.5) is 0 Å². The molecular formula is C14H16O2. The van der Waals surface area contributed by atoms with Crippen LogP contribution < -0.4 is 0 Å². The summed E-state index contributed by atoms with van der Waals surface area (Å²) in [6.07, 6.45) is 1.81. The van der Waals surface area contributed by atoms with Gasteiger partial charge in [-0.2, -0.15) is 0 Å². The Hall–Kier alpha value is -1.57. The van der Waals surface area contributed by atoms with Crippen LogP contribution in [0.25, 0.3) is 0 Å². The smallest absolute Gasteiger partial charge is 0.334 e. The van der Waals surface area contributed by atoms with Gasteiger partial charge in [0.2, 0.25) is 0 Å². The van der Waals surface area contributed by atoms with Crippen molar-refractivity contribution in [2.45, 2.75) is 25.9 Å². The molecule has 2 heteroatoms. The highest BCUT2D eigenvalue weighted by molar-refractivity contribution is 5.90. The van der Waals surface area contributed by atoms with Gasteiger partial charge in [-0.1, -0.05) is 43.8 Å². The molecule has 1 aromatic rings. The van der Waals surface area contributed by atoms with Crippen molar-refractivity contribution in [2.75, 3.05) is 0 Å². The highest BCUT2D eigenvalue weighted by Gasteiger charge is 2.34. The summed E-state index contributed by atoms with van der Waals surface area (Å²) < 4.78 is 5.27. The molecule has 84 valence electrons. The van der Waals surface area contributed by atoms with Gasteiger partial charge in [-0.15, -0.1) is 0 Å². The Morgan fingerprint density at radius 1 is 1.31 bits per heavy atom. The van der Waals surface area contributed by atoms with Crippen molar-refractivity contribution >= 4 is 5.97 Å². The lowest BCUT2D eigenvalue weighted by Crippen LogP contribution is -2.14. The zero-order valence-electron chi connectivity index (χ0n) is 9.48. The molecule has 0 radical (unpaired) electrons. The normalized spacial score (nSPS) is 24.6. The first-order chi connectivity index (χ1) is 7.68. The number of rotatable bonds is 3. The zero-order valence-corrected chi connectivity index (χ0v) is 9.48. The Labute approximate surface area is 95.9 Å². The molecule has 1 aliphatic heterocycles. The van der Waals surface area contributed by atoms with Crippen LogP contribution in [0, 0.1) is 5.92 Å². The molecule has 0 N–H and O–H groups in total. The van der Waals surface area contributed by atoms with Crippen LogP contribution >= 0.6 is 0 Å². The number of carbonyl (C=O) groups excluding carboxylic acids is 1. The first kappa shape index (κ1) is 10.9. The van der Waals surface area contributed by atoms with E-state index in [1.165, 1.54) is 5.56 Å². The summed E-state index contributed by atoms with van der Waals surface area (Å²) in [7, 11) is 0. The van der Waals surface area contributed by atoms with E-state index in [1.54, 1.807) is 0 Å². The summed E-state index contributed by atoms with van der Waals surface area (Å²) >= 11 is 0. The fourth-order valence-corrected chi connectivity index (χ4v) is 1.99. The van der Waals surface area contributed by atoms with E-state index >= 15 is 0 Å². The van der Waals surface area contributed by atoms with Gasteiger partial charge < -0.3 is 4.74 Å². The van der Waals surface area contributed by atoms with Crippen LogP contribution in [0.5, 0.6) is 0 Å². The van der Waals surface area contributed by atoms with Crippen molar-refractivity contribution in [3.8, 4) is 0 Å². The van der Waals surface area contributed by atoms with E-state index in [0.29, 0.717) is 5.57 Å². The van der Waals surface area contributed by atoms with Crippen LogP contribution in [0.15, 0.2) is 42.5 Å². The van der Waals surface area contributed by atoms with E-state index in [4.69, 9.17) is 4.74 Å². The molecule has 0 aliphatic carbocycles. The van der Waals surface area contributed by atoms with Crippen molar-refractivity contribution < 1.29 is 9.53 Å². The van der Waals surface area contributed by atoms with Gasteiger partial charge in [0, 0.05) is 11.5 Å². The van der Waals surface area contributed by atoms with Crippen LogP contribution in [0.1, 0.15) is 18.9 Å². The third kappa shape index (κ3) is 2.16. The second-order valence-electron chi connectivity index (χ2n) is 4.28. The average Bonchev–Trinajstić information content (AvgIpc) is 2.56. The molecule has 0 unspecified atom stereocenters. The molecule has 0 amide bonds. The van der Waals surface area contributed by atoms with E-state index in [9.17, 15) is 4.79 Å². The van der Waals surface area contributed by atoms with Crippen LogP contribution in [0.2, 0.25) is 0 Å². The van der Waals surface area contributed by atoms with E-state index in [2.05, 4.69) is 18.7 Å². The summed E-state index contributed by atoms with van der Waals surface area (Å²) in [5.74, 6) is -0.0817. The monoisotopic (exact) mass is 216 g/mol. The SMILES string of the molecule is C=C1C(=O)O[C@H](CCc2ccccc2)[C@@H]1C. The molecule has 0 spiro atoms. The lowest BCUT2D eigenvalue weighted by atomic mass is 9.95. The fraction of sp³-hybridized carbons (Fsp3) is 0.357. The van der Waals surface area contributed by atoms with Gasteiger partial charge in [0.25, 0.3) is 0 Å². The van der Waals surface area contributed by atoms with Crippen LogP contribution in [0.3, 0.4) is 0 Å². The Morgan fingerprint density at radius 2 is 2.00 bits per heavy atom. The maximum absolute atomic E-state index is 11.3. The highest BCUT2D eigenvalue weighted by atomic mass is 16.6. The molecule has 0 aromatic heterocycles. The molecule has 2 nitrogen and oxygen atoms in total. The Bertz CT molecular complexity index is 394. The standard InChI is InChI=1S/C14H16O2/c1-10-11(2)14(15)16-13(10)9-8-12-6-4-3-5-7-12/h3-7,10,13H,2,8-9H2,1H3/t10-,13-/m1/s1. The second-order valence-corrected chi connectivity index (χ2v) is 4.28. The molecule has 2 rings (SSSR count). The Kier molecular flexibility index (Phi) is 3.09. The number of ether oxygens (including phenoxy) is 1. The minimum Gasteiger partial charge on any atom is -0.458 e. The number of hydrogen-bond acceptors (Lipinski definition) is 2. The fourth-order valence-electron chi connectivity index (χ4n) is 1.99. The van der Waals surface area contributed by atoms with Gasteiger partial charge in [-0.05, 0) is 18.4 Å². The van der Waals surface area contributed by atoms with Gasteiger partial charge in [0.1, 0.15) is 6.10 Å². The summed E-state index contributed by atoms with van der Waals surface area (Å²) in [4.78, 5) is 11.3. The zero-order chi connectivity index (χ0) is 11.5. The first-order valence-corrected chi connectivity index (χ1v) is 5.62. The molecule has 1 saturated heterocycles. The maximum Gasteiger partial charge on any atom is 0.334 e. The van der Waals surface area contributed by atoms with Crippen molar-refractivity contribution in [2.24, 2.45) is 5.92 Å². The van der Waals surface area contributed by atoms with Gasteiger partial charge in [0.05, 0.1) is 0 Å². The summed E-state index contributed by atoms with van der Waals surface area (Å²) in [5.41, 5.74) is 1.89. The molecule has 0 saturated carbocycles. The lowest BCUT2D eigenvalue weighted by molar-refractivity contribution is -0.139. The number of cyclic esters (lactones) is 1. The number of carbonyl (C=O) groups is 1. The summed E-state index contributed by atoms with van der Waals surface area (Å²) in [5, 5.41) is 0. The van der Waals surface area contributed by atoms with Crippen molar-refractivity contribution in [1.29, 1.82) is 0 Å². The molecule has 0 bridgehead atoms. The molecule has 1 aromatic carbocycles. The quantitative estimate of drug-likeness (QED) is 0.573. The van der Waals surface area contributed by atoms with Gasteiger partial charge in [-0.3, -0.25) is 0 Å². The number of benzene rings is 1. The number of hydrogen-bond donors (Lipinski definition) is 0. The van der Waals surface area contributed by atoms with E-state index in [0.717, 1.165) is 12.8 Å². The topological polar surface area (TPSA) is 26.3 Å². The third-order valence-electron chi connectivity index (χ3n) is 3.19. The number of esters is 1. The largest absolute Gasteiger partial charge is 0.458 e. The minimum atomic E-state index is -0.231. The average molecular weight is 216 g/mol. The van der Waals surface area contributed by atoms with Crippen LogP contribution in [-0.2, 0) is 16.0 Å². The third-order valence-corrected chi connectivity index (χ3v) is 3.19. The second kappa shape index (κ2) is 4.52. The minimum absolute atomic E-state index is 0.000191. The van der Waals surface area contributed by atoms with Gasteiger partial charge >= 0.3 is 5.97 Å². The molecule has 1 fully saturated rings. The first-order valence-electron chi connectivity index (χ1n) is 5.62. The highest BCUT2D eigenvalue weighted by Crippen LogP contribution is 2.28. The van der Waals surface area contributed by atoms with E-state index in [1.807, 2.05) is 25.1 Å².